The summed E-state index contributed by atoms with van der Waals surface area (Å²) in [6.45, 7) is 0.140. The molecule has 3 N–H and O–H groups in total. The molecule has 6 rings (SSSR count). The lowest BCUT2D eigenvalue weighted by molar-refractivity contribution is -0.155. The van der Waals surface area contributed by atoms with Crippen molar-refractivity contribution < 1.29 is 31.1 Å². The van der Waals surface area contributed by atoms with Crippen molar-refractivity contribution in [3.05, 3.63) is 53.8 Å². The maximum absolute atomic E-state index is 14.0. The number of piperidine rings is 1. The number of anilines is 2. The second-order valence-electron chi connectivity index (χ2n) is 10.6. The Hall–Kier alpha value is -3.03. The van der Waals surface area contributed by atoms with Crippen LogP contribution in [0, 0.1) is 29.5 Å². The molecule has 2 heterocycles. The third-order valence-corrected chi connectivity index (χ3v) is 10.1. The van der Waals surface area contributed by atoms with Gasteiger partial charge in [0.15, 0.2) is 0 Å². The minimum absolute atomic E-state index is 0.0511. The Kier molecular flexibility index (Phi) is 5.81. The van der Waals surface area contributed by atoms with E-state index in [0.29, 0.717) is 5.56 Å². The van der Waals surface area contributed by atoms with Crippen molar-refractivity contribution in [1.82, 2.24) is 4.90 Å². The number of amides is 1. The number of amidine groups is 1. The van der Waals surface area contributed by atoms with E-state index in [1.165, 1.54) is 24.3 Å². The highest BCUT2D eigenvalue weighted by Gasteiger charge is 2.60. The summed E-state index contributed by atoms with van der Waals surface area (Å²) in [5.74, 6) is -2.13. The number of likely N-dealkylation sites (tertiary alicyclic amines) is 1. The maximum atomic E-state index is 14.0. The van der Waals surface area contributed by atoms with E-state index in [1.54, 1.807) is 17.0 Å². The van der Waals surface area contributed by atoms with Gasteiger partial charge in [0.2, 0.25) is 15.9 Å². The van der Waals surface area contributed by atoms with E-state index in [0.717, 1.165) is 31.6 Å². The minimum Gasteiger partial charge on any atom is -0.391 e. The number of aliphatic hydroxyl groups excluding tert-OH is 1. The Balaban J connectivity index is 1.37. The average Bonchev–Trinajstić information content (AvgIpc) is 3.43. The van der Waals surface area contributed by atoms with Crippen molar-refractivity contribution in [3.8, 4) is 0 Å². The number of aliphatic hydroxyl groups is 1. The fourth-order valence-electron chi connectivity index (χ4n) is 6.83. The SMILES string of the molecule is CS(=O)(=O)Nc1ccc2c(c1)S(=O)(=O)N=C(C1C(=O)N(Cc3cccc(F)c3)[C@H]3[C@@H]4CC[C@@H](C4)[C@H]3C1O)N2. The van der Waals surface area contributed by atoms with Gasteiger partial charge in [-0.3, -0.25) is 9.52 Å². The van der Waals surface area contributed by atoms with Gasteiger partial charge in [-0.15, -0.1) is 4.40 Å². The molecule has 1 amide bonds. The molecule has 2 unspecified atom stereocenters. The largest absolute Gasteiger partial charge is 0.391 e. The summed E-state index contributed by atoms with van der Waals surface area (Å²) in [4.78, 5) is 15.4. The van der Waals surface area contributed by atoms with Crippen LogP contribution in [0.15, 0.2) is 51.8 Å². The van der Waals surface area contributed by atoms with Gasteiger partial charge < -0.3 is 15.3 Å². The summed E-state index contributed by atoms with van der Waals surface area (Å²) >= 11 is 0. The molecular weight excluding hydrogens is 535 g/mol. The summed E-state index contributed by atoms with van der Waals surface area (Å²) < 4.78 is 69.6. The molecule has 2 aromatic rings. The van der Waals surface area contributed by atoms with Gasteiger partial charge >= 0.3 is 0 Å². The zero-order chi connectivity index (χ0) is 27.0. The van der Waals surface area contributed by atoms with Crippen molar-refractivity contribution in [2.75, 3.05) is 16.3 Å². The molecule has 10 nitrogen and oxygen atoms in total. The fourth-order valence-corrected chi connectivity index (χ4v) is 8.57. The van der Waals surface area contributed by atoms with Gasteiger partial charge in [-0.1, -0.05) is 12.1 Å². The molecule has 13 heteroatoms. The number of carbonyl (C=O) groups is 1. The Morgan fingerprint density at radius 1 is 1.18 bits per heavy atom. The smallest absolute Gasteiger partial charge is 0.286 e. The number of sulfonamides is 2. The number of nitrogens with one attached hydrogen (secondary N) is 2. The van der Waals surface area contributed by atoms with E-state index in [2.05, 4.69) is 14.4 Å². The Morgan fingerprint density at radius 3 is 2.68 bits per heavy atom. The molecule has 0 spiro atoms. The summed E-state index contributed by atoms with van der Waals surface area (Å²) in [7, 11) is -7.96. The zero-order valence-corrected chi connectivity index (χ0v) is 22.0. The highest BCUT2D eigenvalue weighted by molar-refractivity contribution is 7.92. The van der Waals surface area contributed by atoms with E-state index >= 15 is 0 Å². The second-order valence-corrected chi connectivity index (χ2v) is 13.9. The van der Waals surface area contributed by atoms with E-state index in [9.17, 15) is 31.1 Å². The van der Waals surface area contributed by atoms with E-state index in [4.69, 9.17) is 0 Å². The first-order valence-electron chi connectivity index (χ1n) is 12.4. The Labute approximate surface area is 220 Å². The second kappa shape index (κ2) is 8.75. The number of nitrogens with zero attached hydrogens (tertiary/aromatic N) is 2. The van der Waals surface area contributed by atoms with Crippen LogP contribution in [0.5, 0.6) is 0 Å². The molecule has 0 aromatic heterocycles. The van der Waals surface area contributed by atoms with Crippen LogP contribution in [-0.4, -0.2) is 57.0 Å². The number of rotatable bonds is 5. The van der Waals surface area contributed by atoms with Crippen molar-refractivity contribution in [2.24, 2.45) is 28.1 Å². The van der Waals surface area contributed by atoms with Crippen LogP contribution in [0.1, 0.15) is 24.8 Å². The van der Waals surface area contributed by atoms with Gasteiger partial charge in [-0.25, -0.2) is 12.8 Å². The predicted molar refractivity (Wildman–Crippen MR) is 138 cm³/mol. The standard InChI is InChI=1S/C25H27FN4O6S2/c1-37(33,34)28-17-7-8-18-19(11-17)38(35,36)29-24(27-18)21-23(31)20-14-5-6-15(10-14)22(20)30(25(21)32)12-13-3-2-4-16(26)9-13/h2-4,7-9,11,14-15,20-23,28,31H,5-6,10,12H2,1H3,(H,27,29)/t14-,15+,20+,21?,22-,23?/m0/s1. The molecule has 0 radical (unpaired) electrons. The van der Waals surface area contributed by atoms with E-state index < -0.39 is 43.8 Å². The number of carbonyl (C=O) groups excluding carboxylic acids is 1. The summed E-state index contributed by atoms with van der Waals surface area (Å²) in [6.07, 6.45) is 2.56. The lowest BCUT2D eigenvalue weighted by Gasteiger charge is -2.49. The van der Waals surface area contributed by atoms with Gasteiger partial charge in [-0.2, -0.15) is 8.42 Å². The Morgan fingerprint density at radius 2 is 1.95 bits per heavy atom. The lowest BCUT2D eigenvalue weighted by Crippen LogP contribution is -2.63. The first-order valence-corrected chi connectivity index (χ1v) is 15.7. The molecule has 3 fully saturated rings. The molecule has 202 valence electrons. The molecule has 1 saturated heterocycles. The molecule has 2 aliphatic carbocycles. The molecule has 38 heavy (non-hydrogen) atoms. The number of hydrogen-bond acceptors (Lipinski definition) is 7. The predicted octanol–water partition coefficient (Wildman–Crippen LogP) is 2.14. The lowest BCUT2D eigenvalue weighted by atomic mass is 9.72. The van der Waals surface area contributed by atoms with Crippen molar-refractivity contribution in [2.45, 2.75) is 42.8 Å². The van der Waals surface area contributed by atoms with Crippen LogP contribution >= 0.6 is 0 Å². The third-order valence-electron chi connectivity index (χ3n) is 8.16. The van der Waals surface area contributed by atoms with Crippen molar-refractivity contribution >= 4 is 43.2 Å². The minimum atomic E-state index is -4.32. The number of hydrogen-bond donors (Lipinski definition) is 3. The fraction of sp³-hybridized carbons (Fsp3) is 0.440. The van der Waals surface area contributed by atoms with Crippen molar-refractivity contribution in [1.29, 1.82) is 0 Å². The number of fused-ring (bicyclic) bond motifs is 6. The Bertz CT molecular complexity index is 1580. The van der Waals surface area contributed by atoms with Gasteiger partial charge in [-0.05, 0) is 67.0 Å². The molecule has 2 aliphatic heterocycles. The van der Waals surface area contributed by atoms with Crippen LogP contribution in [0.4, 0.5) is 15.8 Å². The number of halogens is 1. The highest BCUT2D eigenvalue weighted by Crippen LogP contribution is 2.55. The van der Waals surface area contributed by atoms with E-state index in [1.807, 2.05) is 0 Å². The normalized spacial score (nSPS) is 31.3. The summed E-state index contributed by atoms with van der Waals surface area (Å²) in [6, 6.07) is 9.73. The molecular formula is C25H27FN4O6S2. The third kappa shape index (κ3) is 4.26. The molecule has 6 atom stereocenters. The number of benzene rings is 2. The molecule has 2 saturated carbocycles. The van der Waals surface area contributed by atoms with Gasteiger partial charge in [0.05, 0.1) is 18.0 Å². The topological polar surface area (TPSA) is 145 Å². The average molecular weight is 563 g/mol. The molecule has 4 aliphatic rings. The monoisotopic (exact) mass is 562 g/mol. The van der Waals surface area contributed by atoms with Crippen LogP contribution in [0.25, 0.3) is 0 Å². The summed E-state index contributed by atoms with van der Waals surface area (Å²) in [5.41, 5.74) is 0.786. The quantitative estimate of drug-likeness (QED) is 0.506. The van der Waals surface area contributed by atoms with Crippen LogP contribution < -0.4 is 10.0 Å². The zero-order valence-electron chi connectivity index (χ0n) is 20.4. The van der Waals surface area contributed by atoms with Crippen LogP contribution in [-0.2, 0) is 31.4 Å². The van der Waals surface area contributed by atoms with Crippen molar-refractivity contribution in [3.63, 3.8) is 0 Å². The van der Waals surface area contributed by atoms with Crippen LogP contribution in [0.2, 0.25) is 0 Å². The first-order chi connectivity index (χ1) is 17.9. The van der Waals surface area contributed by atoms with Gasteiger partial charge in [0.25, 0.3) is 10.0 Å². The maximum Gasteiger partial charge on any atom is 0.286 e. The molecule has 2 aromatic carbocycles. The first kappa shape index (κ1) is 25.3. The van der Waals surface area contributed by atoms with Gasteiger partial charge in [0, 0.05) is 24.2 Å². The highest BCUT2D eigenvalue weighted by atomic mass is 32.2. The van der Waals surface area contributed by atoms with Crippen LogP contribution in [0.3, 0.4) is 0 Å². The summed E-state index contributed by atoms with van der Waals surface area (Å²) in [5, 5.41) is 14.4. The molecule has 2 bridgehead atoms. The van der Waals surface area contributed by atoms with E-state index in [-0.39, 0.29) is 52.4 Å². The van der Waals surface area contributed by atoms with Gasteiger partial charge in [0.1, 0.15) is 22.5 Å².